The zero-order valence-corrected chi connectivity index (χ0v) is 31.0. The van der Waals surface area contributed by atoms with E-state index in [2.05, 4.69) is 192 Å². The summed E-state index contributed by atoms with van der Waals surface area (Å²) in [4.78, 5) is 13.6. The lowest BCUT2D eigenvalue weighted by Gasteiger charge is -2.16. The third kappa shape index (κ3) is 5.24. The molecule has 0 amide bonds. The third-order valence-electron chi connectivity index (χ3n) is 10.9. The summed E-state index contributed by atoms with van der Waals surface area (Å²) in [7, 11) is 0. The van der Waals surface area contributed by atoms with Crippen LogP contribution in [0.15, 0.2) is 195 Å². The maximum Gasteiger partial charge on any atom is 0.163 e. The van der Waals surface area contributed by atoms with Crippen molar-refractivity contribution in [1.82, 2.24) is 19.5 Å². The minimum atomic E-state index is 0.642. The van der Waals surface area contributed by atoms with Crippen LogP contribution in [0.3, 0.4) is 0 Å². The number of hydrogen-bond donors (Lipinski definition) is 0. The van der Waals surface area contributed by atoms with Crippen LogP contribution in [0.25, 0.3) is 104 Å². The van der Waals surface area contributed by atoms with Crippen LogP contribution in [0.1, 0.15) is 0 Å². The number of aromatic nitrogens is 4. The zero-order valence-electron chi connectivity index (χ0n) is 30.2. The summed E-state index contributed by atoms with van der Waals surface area (Å²) in [5, 5.41) is 5.05. The third-order valence-corrected chi connectivity index (χ3v) is 12.2. The summed E-state index contributed by atoms with van der Waals surface area (Å²) in [5.41, 5.74) is 13.7. The van der Waals surface area contributed by atoms with Gasteiger partial charge in [-0.25, -0.2) is 15.0 Å². The van der Waals surface area contributed by atoms with E-state index in [4.69, 9.17) is 9.97 Å². The second kappa shape index (κ2) is 13.3. The number of rotatable bonds is 6. The quantitative estimate of drug-likeness (QED) is 0.171. The molecule has 0 bridgehead atoms. The molecular formula is C51H32N4S. The van der Waals surface area contributed by atoms with Crippen LogP contribution in [0.4, 0.5) is 0 Å². The van der Waals surface area contributed by atoms with Gasteiger partial charge in [0.15, 0.2) is 5.82 Å². The monoisotopic (exact) mass is 732 g/mol. The van der Waals surface area contributed by atoms with E-state index in [1.807, 2.05) is 11.3 Å². The molecule has 8 aromatic carbocycles. The van der Waals surface area contributed by atoms with Crippen molar-refractivity contribution < 1.29 is 0 Å². The molecule has 3 aromatic heterocycles. The summed E-state index contributed by atoms with van der Waals surface area (Å²) >= 11 is 1.87. The normalized spacial score (nSPS) is 11.6. The van der Waals surface area contributed by atoms with Crippen LogP contribution >= 0.6 is 11.3 Å². The molecule has 0 aliphatic rings. The van der Waals surface area contributed by atoms with Crippen LogP contribution in [0.5, 0.6) is 0 Å². The summed E-state index contributed by atoms with van der Waals surface area (Å²) in [5.74, 6) is 0.642. The molecular weight excluding hydrogens is 701 g/mol. The van der Waals surface area contributed by atoms with Crippen molar-refractivity contribution in [2.75, 3.05) is 0 Å². The van der Waals surface area contributed by atoms with Crippen LogP contribution in [-0.2, 0) is 0 Å². The lowest BCUT2D eigenvalue weighted by atomic mass is 9.88. The molecule has 11 rings (SSSR count). The molecule has 11 aromatic rings. The molecule has 0 fully saturated rings. The van der Waals surface area contributed by atoms with Crippen molar-refractivity contribution in [2.24, 2.45) is 0 Å². The molecule has 0 unspecified atom stereocenters. The second-order valence-corrected chi connectivity index (χ2v) is 15.0. The van der Waals surface area contributed by atoms with Gasteiger partial charge in [0.05, 0.1) is 11.0 Å². The summed E-state index contributed by atoms with van der Waals surface area (Å²) in [6, 6.07) is 65.5. The number of benzene rings is 8. The van der Waals surface area contributed by atoms with E-state index in [0.717, 1.165) is 33.5 Å². The first kappa shape index (κ1) is 32.2. The molecule has 3 heterocycles. The Morgan fingerprint density at radius 1 is 0.375 bits per heavy atom. The van der Waals surface area contributed by atoms with Gasteiger partial charge >= 0.3 is 0 Å². The van der Waals surface area contributed by atoms with Gasteiger partial charge in [-0.05, 0) is 75.3 Å². The van der Waals surface area contributed by atoms with Gasteiger partial charge in [-0.1, -0.05) is 146 Å². The number of para-hydroxylation sites is 2. The fraction of sp³-hybridized carbons (Fsp3) is 0. The molecule has 56 heavy (non-hydrogen) atoms. The molecule has 5 heteroatoms. The maximum absolute atomic E-state index is 4.72. The van der Waals surface area contributed by atoms with Crippen molar-refractivity contribution in [3.8, 4) is 61.6 Å². The molecule has 4 nitrogen and oxygen atoms in total. The first-order chi connectivity index (χ1) is 27.8. The average molecular weight is 733 g/mol. The molecule has 0 spiro atoms. The topological polar surface area (TPSA) is 43.6 Å². The van der Waals surface area contributed by atoms with Gasteiger partial charge in [0, 0.05) is 47.8 Å². The minimum absolute atomic E-state index is 0.642. The smallest absolute Gasteiger partial charge is 0.163 e. The fourth-order valence-electron chi connectivity index (χ4n) is 8.35. The highest BCUT2D eigenvalue weighted by atomic mass is 32.1. The lowest BCUT2D eigenvalue weighted by Crippen LogP contribution is -1.94. The van der Waals surface area contributed by atoms with Gasteiger partial charge in [-0.15, -0.1) is 11.3 Å². The van der Waals surface area contributed by atoms with Crippen LogP contribution in [-0.4, -0.2) is 19.5 Å². The molecule has 262 valence electrons. The highest BCUT2D eigenvalue weighted by Gasteiger charge is 2.21. The Morgan fingerprint density at radius 2 is 1.02 bits per heavy atom. The molecule has 0 radical (unpaired) electrons. The molecule has 0 N–H and O–H groups in total. The van der Waals surface area contributed by atoms with Crippen molar-refractivity contribution >= 4 is 53.3 Å². The van der Waals surface area contributed by atoms with E-state index in [1.165, 1.54) is 64.2 Å². The van der Waals surface area contributed by atoms with E-state index in [-0.39, 0.29) is 0 Å². The Hall–Kier alpha value is -7.21. The van der Waals surface area contributed by atoms with Crippen molar-refractivity contribution in [3.63, 3.8) is 0 Å². The predicted molar refractivity (Wildman–Crippen MR) is 234 cm³/mol. The van der Waals surface area contributed by atoms with Crippen molar-refractivity contribution in [2.45, 2.75) is 0 Å². The van der Waals surface area contributed by atoms with E-state index in [0.29, 0.717) is 5.82 Å². The first-order valence-corrected chi connectivity index (χ1v) is 19.6. The molecule has 0 atom stereocenters. The Morgan fingerprint density at radius 3 is 1.82 bits per heavy atom. The highest BCUT2D eigenvalue weighted by Crippen LogP contribution is 2.48. The summed E-state index contributed by atoms with van der Waals surface area (Å²) in [6.45, 7) is 0. The summed E-state index contributed by atoms with van der Waals surface area (Å²) < 4.78 is 4.92. The Balaban J connectivity index is 1.15. The Bertz CT molecular complexity index is 3230. The van der Waals surface area contributed by atoms with E-state index in [1.54, 1.807) is 12.7 Å². The molecule has 0 aliphatic carbocycles. The van der Waals surface area contributed by atoms with Crippen molar-refractivity contribution in [1.29, 1.82) is 0 Å². The highest BCUT2D eigenvalue weighted by molar-refractivity contribution is 7.27. The number of thiophene rings is 1. The maximum atomic E-state index is 4.72. The second-order valence-electron chi connectivity index (χ2n) is 14.0. The Labute approximate surface area is 327 Å². The number of fused-ring (bicyclic) bond motifs is 7. The molecule has 0 saturated carbocycles. The van der Waals surface area contributed by atoms with Gasteiger partial charge in [0.1, 0.15) is 12.7 Å². The van der Waals surface area contributed by atoms with Crippen LogP contribution < -0.4 is 0 Å². The van der Waals surface area contributed by atoms with Gasteiger partial charge < -0.3 is 4.57 Å². The average Bonchev–Trinajstić information content (AvgIpc) is 3.83. The van der Waals surface area contributed by atoms with Gasteiger partial charge in [-0.3, -0.25) is 0 Å². The SMILES string of the molecule is c1ccc(-c2ccc(-c3ccccc3)c(-c3ccc(-c4cccc5c4sc4c5ccc5c4c4ccccc4n5-c4ccccc4)c(-c4ncncn4)c3)c2)cc1. The molecule has 0 saturated heterocycles. The summed E-state index contributed by atoms with van der Waals surface area (Å²) in [6.07, 6.45) is 3.17. The predicted octanol–water partition coefficient (Wildman–Crippen LogP) is 13.7. The van der Waals surface area contributed by atoms with Crippen molar-refractivity contribution in [3.05, 3.63) is 195 Å². The standard InChI is InChI=1S/C51H32N4S/c1-4-13-33(14-5-1)35-23-25-38(34-15-6-2-7-16-34)44(29-35)36-24-26-39(45(30-36)51-53-31-52-32-54-51)40-20-12-21-41-42-27-28-47-48(50(42)56-49(40)41)43-19-10-11-22-46(43)55(47)37-17-8-3-9-18-37/h1-32H. The Kier molecular flexibility index (Phi) is 7.64. The van der Waals surface area contributed by atoms with Gasteiger partial charge in [0.2, 0.25) is 0 Å². The van der Waals surface area contributed by atoms with E-state index < -0.39 is 0 Å². The lowest BCUT2D eigenvalue weighted by molar-refractivity contribution is 1.06. The molecule has 0 aliphatic heterocycles. The van der Waals surface area contributed by atoms with Crippen LogP contribution in [0, 0.1) is 0 Å². The largest absolute Gasteiger partial charge is 0.309 e. The fourth-order valence-corrected chi connectivity index (χ4v) is 9.73. The minimum Gasteiger partial charge on any atom is -0.309 e. The van der Waals surface area contributed by atoms with E-state index in [9.17, 15) is 0 Å². The first-order valence-electron chi connectivity index (χ1n) is 18.7. The number of hydrogen-bond acceptors (Lipinski definition) is 4. The zero-order chi connectivity index (χ0) is 37.0. The van der Waals surface area contributed by atoms with Crippen LogP contribution in [0.2, 0.25) is 0 Å². The van der Waals surface area contributed by atoms with E-state index >= 15 is 0 Å². The van der Waals surface area contributed by atoms with Gasteiger partial charge in [0.25, 0.3) is 0 Å². The number of nitrogens with zero attached hydrogens (tertiary/aromatic N) is 4. The van der Waals surface area contributed by atoms with Gasteiger partial charge in [-0.2, -0.15) is 0 Å².